The molecule has 0 saturated heterocycles. The van der Waals surface area contributed by atoms with Crippen molar-refractivity contribution < 1.29 is 80.2 Å². The van der Waals surface area contributed by atoms with Gasteiger partial charge in [0.25, 0.3) is 0 Å². The molecule has 19 heteroatoms. The second-order valence-electron chi connectivity index (χ2n) is 29.6. The van der Waals surface area contributed by atoms with Gasteiger partial charge in [-0.05, 0) is 37.5 Å². The number of phosphoric acid groups is 2. The number of aliphatic hydroxyl groups is 1. The molecule has 0 radical (unpaired) electrons. The average Bonchev–Trinajstić information content (AvgIpc) is 0.920. The van der Waals surface area contributed by atoms with Gasteiger partial charge in [0.05, 0.1) is 26.4 Å². The molecule has 0 aliphatic heterocycles. The molecule has 100 heavy (non-hydrogen) atoms. The predicted molar refractivity (Wildman–Crippen MR) is 409 cm³/mol. The van der Waals surface area contributed by atoms with Crippen LogP contribution in [0.5, 0.6) is 0 Å². The van der Waals surface area contributed by atoms with E-state index in [2.05, 4.69) is 41.5 Å². The molecule has 0 aromatic heterocycles. The number of hydrogen-bond acceptors (Lipinski definition) is 15. The van der Waals surface area contributed by atoms with Gasteiger partial charge in [0.2, 0.25) is 0 Å². The number of hydrogen-bond donors (Lipinski definition) is 3. The predicted octanol–water partition coefficient (Wildman–Crippen LogP) is 24.3. The summed E-state index contributed by atoms with van der Waals surface area (Å²) in [7, 11) is -9.92. The minimum Gasteiger partial charge on any atom is -0.462 e. The molecule has 4 unspecified atom stereocenters. The quantitative estimate of drug-likeness (QED) is 0.0222. The molecule has 17 nitrogen and oxygen atoms in total. The molecule has 0 saturated carbocycles. The minimum atomic E-state index is -4.96. The van der Waals surface area contributed by atoms with E-state index in [1.807, 2.05) is 0 Å². The summed E-state index contributed by atoms with van der Waals surface area (Å²) in [5.74, 6) is -0.468. The van der Waals surface area contributed by atoms with E-state index in [4.69, 9.17) is 37.0 Å². The van der Waals surface area contributed by atoms with E-state index in [0.29, 0.717) is 25.7 Å². The van der Waals surface area contributed by atoms with Crippen molar-refractivity contribution in [1.82, 2.24) is 0 Å². The topological polar surface area (TPSA) is 237 Å². The highest BCUT2D eigenvalue weighted by molar-refractivity contribution is 7.47. The summed E-state index contributed by atoms with van der Waals surface area (Å²) in [6, 6.07) is 0. The Morgan fingerprint density at radius 2 is 0.480 bits per heavy atom. The summed E-state index contributed by atoms with van der Waals surface area (Å²) in [6.45, 7) is 9.70. The highest BCUT2D eigenvalue weighted by atomic mass is 31.2. The zero-order valence-electron chi connectivity index (χ0n) is 65.5. The summed E-state index contributed by atoms with van der Waals surface area (Å²) in [4.78, 5) is 73.0. The number of carbonyl (C=O) groups is 4. The molecular formula is C81H158O17P2. The Kier molecular flexibility index (Phi) is 71.2. The first-order chi connectivity index (χ1) is 48.4. The Balaban J connectivity index is 5.22. The number of unbranched alkanes of at least 4 members (excludes halogenated alkanes) is 48. The molecule has 3 N–H and O–H groups in total. The fraction of sp³-hybridized carbons (Fsp3) is 0.951. The normalized spacial score (nSPS) is 14.4. The van der Waals surface area contributed by atoms with Crippen LogP contribution in [0.4, 0.5) is 0 Å². The Bertz CT molecular complexity index is 1930. The van der Waals surface area contributed by atoms with Crippen molar-refractivity contribution in [3.8, 4) is 0 Å². The van der Waals surface area contributed by atoms with Crippen molar-refractivity contribution in [2.75, 3.05) is 39.6 Å². The van der Waals surface area contributed by atoms with Crippen LogP contribution >= 0.6 is 15.6 Å². The van der Waals surface area contributed by atoms with E-state index >= 15 is 0 Å². The molecular weight excluding hydrogens is 1310 g/mol. The fourth-order valence-electron chi connectivity index (χ4n) is 12.5. The molecule has 0 bridgehead atoms. The van der Waals surface area contributed by atoms with Crippen LogP contribution in [0.3, 0.4) is 0 Å². The van der Waals surface area contributed by atoms with Gasteiger partial charge in [0, 0.05) is 25.7 Å². The zero-order valence-corrected chi connectivity index (χ0v) is 67.3. The van der Waals surface area contributed by atoms with Gasteiger partial charge in [-0.15, -0.1) is 0 Å². The van der Waals surface area contributed by atoms with Crippen LogP contribution in [0.25, 0.3) is 0 Å². The van der Waals surface area contributed by atoms with E-state index in [1.54, 1.807) is 0 Å². The molecule has 0 aromatic carbocycles. The molecule has 0 aliphatic carbocycles. The van der Waals surface area contributed by atoms with Gasteiger partial charge in [0.15, 0.2) is 12.2 Å². The highest BCUT2D eigenvalue weighted by Gasteiger charge is 2.30. The number of phosphoric ester groups is 2. The molecule has 594 valence electrons. The first-order valence-corrected chi connectivity index (χ1v) is 45.1. The van der Waals surface area contributed by atoms with Gasteiger partial charge in [-0.25, -0.2) is 9.13 Å². The molecule has 0 rings (SSSR count). The largest absolute Gasteiger partial charge is 0.472 e. The lowest BCUT2D eigenvalue weighted by Gasteiger charge is -2.21. The molecule has 7 atom stereocenters. The van der Waals surface area contributed by atoms with Crippen LogP contribution in [0.15, 0.2) is 0 Å². The van der Waals surface area contributed by atoms with Gasteiger partial charge in [-0.3, -0.25) is 37.3 Å². The average molecular weight is 1470 g/mol. The van der Waals surface area contributed by atoms with E-state index < -0.39 is 97.5 Å². The summed E-state index contributed by atoms with van der Waals surface area (Å²) < 4.78 is 68.7. The minimum absolute atomic E-state index is 0.106. The third-order valence-electron chi connectivity index (χ3n) is 19.7. The Morgan fingerprint density at radius 3 is 0.710 bits per heavy atom. The monoisotopic (exact) mass is 1470 g/mol. The SMILES string of the molecule is CCCCCCCCCCCCCCCCC(=O)OC[C@H](COP(=O)(O)OC[C@@H](O)COP(=O)(O)OC[C@@H](COC(=O)CCCCCCCCCCCCCC)OC(=O)CCCCCCCCCCC(C)CC)OC(=O)CCCCCCCCCCCCCCCCCCCCC(C)CC. The highest BCUT2D eigenvalue weighted by Crippen LogP contribution is 2.45. The molecule has 0 aliphatic rings. The second-order valence-corrected chi connectivity index (χ2v) is 32.6. The summed E-state index contributed by atoms with van der Waals surface area (Å²) in [5, 5.41) is 10.6. The Labute approximate surface area is 613 Å². The maximum Gasteiger partial charge on any atom is 0.472 e. The van der Waals surface area contributed by atoms with Crippen molar-refractivity contribution in [3.63, 3.8) is 0 Å². The molecule has 0 fully saturated rings. The van der Waals surface area contributed by atoms with Gasteiger partial charge in [0.1, 0.15) is 19.3 Å². The molecule has 0 heterocycles. The van der Waals surface area contributed by atoms with E-state index in [9.17, 15) is 43.2 Å². The van der Waals surface area contributed by atoms with Crippen LogP contribution < -0.4 is 0 Å². The van der Waals surface area contributed by atoms with E-state index in [1.165, 1.54) is 244 Å². The van der Waals surface area contributed by atoms with Gasteiger partial charge < -0.3 is 33.8 Å². The zero-order chi connectivity index (χ0) is 73.5. The summed E-state index contributed by atoms with van der Waals surface area (Å²) >= 11 is 0. The molecule has 0 amide bonds. The van der Waals surface area contributed by atoms with Crippen LogP contribution in [0, 0.1) is 11.8 Å². The standard InChI is InChI=1S/C81H158O17P2/c1-7-11-13-15-17-19-21-23-31-35-39-46-52-58-64-79(84)91-69-76(97-80(85)65-59-53-47-40-36-32-29-27-25-24-26-28-30-33-37-43-49-55-61-73(5)9-3)71-95-99(87,88)93-67-75(82)68-94-100(89,90)96-72-77(98-81(86)66-60-54-48-42-41-44-50-56-62-74(6)10-4)70-92-78(83)63-57-51-45-38-34-22-20-18-16-14-12-8-2/h73-77,82H,7-72H2,1-6H3,(H,87,88)(H,89,90)/t73?,74?,75-,76-,77-/m1/s1. The molecule has 0 spiro atoms. The number of esters is 4. The maximum absolute atomic E-state index is 13.1. The van der Waals surface area contributed by atoms with E-state index in [-0.39, 0.29) is 25.7 Å². The first kappa shape index (κ1) is 98.1. The third kappa shape index (κ3) is 71.7. The summed E-state index contributed by atoms with van der Waals surface area (Å²) in [6.07, 6.45) is 62.3. The van der Waals surface area contributed by atoms with Crippen molar-refractivity contribution >= 4 is 39.5 Å². The van der Waals surface area contributed by atoms with Crippen LogP contribution in [-0.2, 0) is 65.4 Å². The second kappa shape index (κ2) is 72.6. The third-order valence-corrected chi connectivity index (χ3v) is 21.6. The Hall–Kier alpha value is -1.94. The van der Waals surface area contributed by atoms with Crippen LogP contribution in [0.1, 0.15) is 427 Å². The number of aliphatic hydroxyl groups excluding tert-OH is 1. The lowest BCUT2D eigenvalue weighted by Crippen LogP contribution is -2.30. The first-order valence-electron chi connectivity index (χ1n) is 42.1. The Morgan fingerprint density at radius 1 is 0.280 bits per heavy atom. The smallest absolute Gasteiger partial charge is 0.462 e. The van der Waals surface area contributed by atoms with Gasteiger partial charge in [-0.2, -0.15) is 0 Å². The van der Waals surface area contributed by atoms with Crippen molar-refractivity contribution in [1.29, 1.82) is 0 Å². The molecule has 0 aromatic rings. The number of carbonyl (C=O) groups excluding carboxylic acids is 4. The lowest BCUT2D eigenvalue weighted by molar-refractivity contribution is -0.161. The van der Waals surface area contributed by atoms with E-state index in [0.717, 1.165) is 102 Å². The van der Waals surface area contributed by atoms with Crippen molar-refractivity contribution in [2.24, 2.45) is 11.8 Å². The van der Waals surface area contributed by atoms with Crippen LogP contribution in [0.2, 0.25) is 0 Å². The number of ether oxygens (including phenoxy) is 4. The van der Waals surface area contributed by atoms with Crippen LogP contribution in [-0.4, -0.2) is 96.7 Å². The lowest BCUT2D eigenvalue weighted by atomic mass is 9.99. The fourth-order valence-corrected chi connectivity index (χ4v) is 14.1. The van der Waals surface area contributed by atoms with Gasteiger partial charge >= 0.3 is 39.5 Å². The van der Waals surface area contributed by atoms with Gasteiger partial charge in [-0.1, -0.05) is 375 Å². The number of rotatable bonds is 80. The summed E-state index contributed by atoms with van der Waals surface area (Å²) in [5.41, 5.74) is 0. The van der Waals surface area contributed by atoms with Crippen molar-refractivity contribution in [3.05, 3.63) is 0 Å². The van der Waals surface area contributed by atoms with Crippen molar-refractivity contribution in [2.45, 2.75) is 445 Å². The maximum atomic E-state index is 13.1.